The molecule has 0 aliphatic rings. The van der Waals surface area contributed by atoms with E-state index in [1.165, 1.54) is 6.92 Å². The second-order valence-corrected chi connectivity index (χ2v) is 3.06. The Bertz CT molecular complexity index is 390. The number of carboxylic acids is 1. The van der Waals surface area contributed by atoms with E-state index in [0.29, 0.717) is 0 Å². The third-order valence-electron chi connectivity index (χ3n) is 2.15. The van der Waals surface area contributed by atoms with E-state index in [1.54, 1.807) is 0 Å². The topological polar surface area (TPSA) is 37.3 Å². The van der Waals surface area contributed by atoms with Gasteiger partial charge in [-0.1, -0.05) is 13.0 Å². The fourth-order valence-electron chi connectivity index (χ4n) is 1.34. The summed E-state index contributed by atoms with van der Waals surface area (Å²) >= 11 is 0. The molecule has 0 fully saturated rings. The van der Waals surface area contributed by atoms with E-state index >= 15 is 0 Å². The van der Waals surface area contributed by atoms with Crippen molar-refractivity contribution in [1.82, 2.24) is 0 Å². The van der Waals surface area contributed by atoms with Gasteiger partial charge in [-0.05, 0) is 12.5 Å². The van der Waals surface area contributed by atoms with Crippen molar-refractivity contribution in [3.63, 3.8) is 0 Å². The van der Waals surface area contributed by atoms with Crippen molar-refractivity contribution >= 4 is 5.97 Å². The van der Waals surface area contributed by atoms with Crippen LogP contribution in [0.5, 0.6) is 0 Å². The molecule has 0 heterocycles. The van der Waals surface area contributed by atoms with Crippen LogP contribution in [0.4, 0.5) is 13.2 Å². The zero-order valence-corrected chi connectivity index (χ0v) is 7.93. The largest absolute Gasteiger partial charge is 0.481 e. The Kier molecular flexibility index (Phi) is 3.34. The lowest BCUT2D eigenvalue weighted by atomic mass is 9.96. The molecule has 5 heteroatoms. The van der Waals surface area contributed by atoms with Crippen LogP contribution in [0, 0.1) is 17.5 Å². The average molecular weight is 218 g/mol. The van der Waals surface area contributed by atoms with Crippen LogP contribution in [0.1, 0.15) is 24.8 Å². The van der Waals surface area contributed by atoms with Crippen LogP contribution in [0.15, 0.2) is 12.1 Å². The Morgan fingerprint density at radius 1 is 1.33 bits per heavy atom. The zero-order valence-electron chi connectivity index (χ0n) is 7.93. The van der Waals surface area contributed by atoms with Gasteiger partial charge in [-0.25, -0.2) is 13.2 Å². The molecule has 0 amide bonds. The fraction of sp³-hybridized carbons (Fsp3) is 0.300. The van der Waals surface area contributed by atoms with Gasteiger partial charge >= 0.3 is 5.97 Å². The van der Waals surface area contributed by atoms with Gasteiger partial charge in [0.1, 0.15) is 0 Å². The van der Waals surface area contributed by atoms with Crippen LogP contribution in [-0.4, -0.2) is 11.1 Å². The molecule has 0 saturated carbocycles. The molecule has 1 atom stereocenters. The number of carboxylic acid groups (broad SMARTS) is 1. The second-order valence-electron chi connectivity index (χ2n) is 3.06. The maximum atomic E-state index is 13.2. The highest BCUT2D eigenvalue weighted by Crippen LogP contribution is 2.25. The molecule has 1 aromatic rings. The number of aliphatic carboxylic acids is 1. The number of rotatable bonds is 3. The molecular weight excluding hydrogens is 209 g/mol. The van der Waals surface area contributed by atoms with Gasteiger partial charge in [-0.15, -0.1) is 0 Å². The Labute approximate surface area is 84.3 Å². The maximum Gasteiger partial charge on any atom is 0.311 e. The van der Waals surface area contributed by atoms with E-state index in [2.05, 4.69) is 0 Å². The summed E-state index contributed by atoms with van der Waals surface area (Å²) in [5, 5.41) is 8.73. The first kappa shape index (κ1) is 11.6. The maximum absolute atomic E-state index is 13.2. The molecule has 82 valence electrons. The molecule has 1 N–H and O–H groups in total. The monoisotopic (exact) mass is 218 g/mol. The highest BCUT2D eigenvalue weighted by molar-refractivity contribution is 5.76. The smallest absolute Gasteiger partial charge is 0.311 e. The lowest BCUT2D eigenvalue weighted by molar-refractivity contribution is -0.138. The van der Waals surface area contributed by atoms with E-state index in [9.17, 15) is 18.0 Å². The molecule has 15 heavy (non-hydrogen) atoms. The number of hydrogen-bond acceptors (Lipinski definition) is 1. The summed E-state index contributed by atoms with van der Waals surface area (Å²) < 4.78 is 38.6. The molecule has 0 radical (unpaired) electrons. The molecule has 2 nitrogen and oxygen atoms in total. The standard InChI is InChI=1S/C10H9F3O2/c1-2-5(10(14)15)6-3-4-7(11)9(13)8(6)12/h3-5H,2H2,1H3,(H,14,15). The summed E-state index contributed by atoms with van der Waals surface area (Å²) in [6.45, 7) is 1.53. The molecule has 1 unspecified atom stereocenters. The van der Waals surface area contributed by atoms with Gasteiger partial charge in [0.25, 0.3) is 0 Å². The molecule has 0 saturated heterocycles. The Morgan fingerprint density at radius 2 is 1.93 bits per heavy atom. The van der Waals surface area contributed by atoms with Crippen molar-refractivity contribution < 1.29 is 23.1 Å². The summed E-state index contributed by atoms with van der Waals surface area (Å²) in [4.78, 5) is 10.7. The highest BCUT2D eigenvalue weighted by atomic mass is 19.2. The van der Waals surface area contributed by atoms with Crippen molar-refractivity contribution in [3.8, 4) is 0 Å². The van der Waals surface area contributed by atoms with Crippen LogP contribution in [-0.2, 0) is 4.79 Å². The SMILES string of the molecule is CCC(C(=O)O)c1ccc(F)c(F)c1F. The summed E-state index contributed by atoms with van der Waals surface area (Å²) in [6.07, 6.45) is 0.108. The Hall–Kier alpha value is -1.52. The normalized spacial score (nSPS) is 12.5. The highest BCUT2D eigenvalue weighted by Gasteiger charge is 2.24. The first-order valence-corrected chi connectivity index (χ1v) is 4.35. The molecule has 0 aliphatic carbocycles. The minimum absolute atomic E-state index is 0.108. The van der Waals surface area contributed by atoms with E-state index in [-0.39, 0.29) is 12.0 Å². The van der Waals surface area contributed by atoms with E-state index in [4.69, 9.17) is 5.11 Å². The van der Waals surface area contributed by atoms with Crippen LogP contribution in [0.3, 0.4) is 0 Å². The lowest BCUT2D eigenvalue weighted by Crippen LogP contribution is -2.13. The fourth-order valence-corrected chi connectivity index (χ4v) is 1.34. The lowest BCUT2D eigenvalue weighted by Gasteiger charge is -2.11. The molecule has 1 aromatic carbocycles. The van der Waals surface area contributed by atoms with Crippen molar-refractivity contribution in [2.75, 3.05) is 0 Å². The van der Waals surface area contributed by atoms with E-state index in [0.717, 1.165) is 12.1 Å². The van der Waals surface area contributed by atoms with Crippen LogP contribution < -0.4 is 0 Å². The van der Waals surface area contributed by atoms with Crippen molar-refractivity contribution in [2.24, 2.45) is 0 Å². The Morgan fingerprint density at radius 3 is 2.40 bits per heavy atom. The summed E-state index contributed by atoms with van der Waals surface area (Å²) in [6, 6.07) is 1.68. The summed E-state index contributed by atoms with van der Waals surface area (Å²) in [7, 11) is 0. The molecule has 0 aliphatic heterocycles. The number of benzene rings is 1. The first-order chi connectivity index (χ1) is 6.99. The molecule has 1 rings (SSSR count). The van der Waals surface area contributed by atoms with Gasteiger partial charge < -0.3 is 5.11 Å². The predicted molar refractivity (Wildman–Crippen MR) is 47.0 cm³/mol. The van der Waals surface area contributed by atoms with Gasteiger partial charge in [-0.3, -0.25) is 4.79 Å². The molecular formula is C10H9F3O2. The third-order valence-corrected chi connectivity index (χ3v) is 2.15. The number of hydrogen-bond donors (Lipinski definition) is 1. The van der Waals surface area contributed by atoms with Crippen LogP contribution in [0.2, 0.25) is 0 Å². The van der Waals surface area contributed by atoms with E-state index in [1.807, 2.05) is 0 Å². The van der Waals surface area contributed by atoms with Crippen molar-refractivity contribution in [2.45, 2.75) is 19.3 Å². The molecule has 0 aromatic heterocycles. The van der Waals surface area contributed by atoms with Gasteiger partial charge in [0, 0.05) is 5.56 Å². The predicted octanol–water partition coefficient (Wildman–Crippen LogP) is 2.68. The average Bonchev–Trinajstić information content (AvgIpc) is 2.18. The quantitative estimate of drug-likeness (QED) is 0.792. The van der Waals surface area contributed by atoms with Crippen molar-refractivity contribution in [1.29, 1.82) is 0 Å². The Balaban J connectivity index is 3.25. The van der Waals surface area contributed by atoms with Crippen molar-refractivity contribution in [3.05, 3.63) is 35.1 Å². The van der Waals surface area contributed by atoms with Gasteiger partial charge in [0.05, 0.1) is 5.92 Å². The second kappa shape index (κ2) is 4.33. The van der Waals surface area contributed by atoms with Crippen LogP contribution >= 0.6 is 0 Å². The zero-order chi connectivity index (χ0) is 11.6. The van der Waals surface area contributed by atoms with Gasteiger partial charge in [0.2, 0.25) is 0 Å². The van der Waals surface area contributed by atoms with Gasteiger partial charge in [-0.2, -0.15) is 0 Å². The van der Waals surface area contributed by atoms with E-state index < -0.39 is 29.3 Å². The molecule has 0 bridgehead atoms. The first-order valence-electron chi connectivity index (χ1n) is 4.35. The third kappa shape index (κ3) is 2.11. The number of halogens is 3. The minimum atomic E-state index is -1.63. The number of carbonyl (C=O) groups is 1. The minimum Gasteiger partial charge on any atom is -0.481 e. The molecule has 0 spiro atoms. The summed E-state index contributed by atoms with van der Waals surface area (Å²) in [5.74, 6) is -6.80. The van der Waals surface area contributed by atoms with Gasteiger partial charge in [0.15, 0.2) is 17.5 Å². The summed E-state index contributed by atoms with van der Waals surface area (Å²) in [5.41, 5.74) is -0.330. The van der Waals surface area contributed by atoms with Crippen LogP contribution in [0.25, 0.3) is 0 Å².